The van der Waals surface area contributed by atoms with Gasteiger partial charge < -0.3 is 4.42 Å². The first kappa shape index (κ1) is 7.32. The molecule has 0 fully saturated rings. The highest BCUT2D eigenvalue weighted by atomic mass is 16.4. The summed E-state index contributed by atoms with van der Waals surface area (Å²) < 4.78 is 5.34. The molecule has 0 bridgehead atoms. The Balaban J connectivity index is 2.96. The topological polar surface area (TPSA) is 26.0 Å². The van der Waals surface area contributed by atoms with Crippen molar-refractivity contribution in [2.45, 2.75) is 33.1 Å². The SMILES string of the molecule is Cc1ncc(C(C)(C)C)o1. The normalized spacial score (nSPS) is 12.0. The summed E-state index contributed by atoms with van der Waals surface area (Å²) in [6.45, 7) is 8.17. The van der Waals surface area contributed by atoms with Crippen LogP contribution in [-0.4, -0.2) is 4.98 Å². The van der Waals surface area contributed by atoms with Crippen LogP contribution in [0.5, 0.6) is 0 Å². The molecule has 0 aliphatic heterocycles. The van der Waals surface area contributed by atoms with Gasteiger partial charge in [0.05, 0.1) is 6.20 Å². The summed E-state index contributed by atoms with van der Waals surface area (Å²) in [6.07, 6.45) is 1.79. The highest BCUT2D eigenvalue weighted by Crippen LogP contribution is 2.21. The number of hydrogen-bond acceptors (Lipinski definition) is 2. The van der Waals surface area contributed by atoms with Crippen molar-refractivity contribution in [2.75, 3.05) is 0 Å². The number of aromatic nitrogens is 1. The molecule has 2 nitrogen and oxygen atoms in total. The number of rotatable bonds is 0. The molecule has 2 heteroatoms. The van der Waals surface area contributed by atoms with E-state index in [1.54, 1.807) is 6.20 Å². The first-order chi connectivity index (χ1) is 4.50. The summed E-state index contributed by atoms with van der Waals surface area (Å²) in [4.78, 5) is 4.02. The van der Waals surface area contributed by atoms with Gasteiger partial charge in [-0.2, -0.15) is 0 Å². The summed E-state index contributed by atoms with van der Waals surface area (Å²) in [5.41, 5.74) is 0.0846. The molecule has 0 aliphatic carbocycles. The molecule has 1 aromatic heterocycles. The molecule has 0 aromatic carbocycles. The lowest BCUT2D eigenvalue weighted by molar-refractivity contribution is 0.392. The minimum Gasteiger partial charge on any atom is -0.445 e. The van der Waals surface area contributed by atoms with Gasteiger partial charge >= 0.3 is 0 Å². The van der Waals surface area contributed by atoms with Crippen LogP contribution in [0.4, 0.5) is 0 Å². The minimum absolute atomic E-state index is 0.0846. The molecule has 0 radical (unpaired) electrons. The molecule has 0 spiro atoms. The smallest absolute Gasteiger partial charge is 0.191 e. The third-order valence-corrected chi connectivity index (χ3v) is 1.36. The molecular formula is C8H13NO. The van der Waals surface area contributed by atoms with Crippen LogP contribution in [0, 0.1) is 6.92 Å². The predicted octanol–water partition coefficient (Wildman–Crippen LogP) is 2.28. The lowest BCUT2D eigenvalue weighted by atomic mass is 9.94. The Hall–Kier alpha value is -0.790. The highest BCUT2D eigenvalue weighted by Gasteiger charge is 2.17. The maximum atomic E-state index is 5.34. The fraction of sp³-hybridized carbons (Fsp3) is 0.625. The molecule has 0 saturated carbocycles. The van der Waals surface area contributed by atoms with E-state index in [1.165, 1.54) is 0 Å². The van der Waals surface area contributed by atoms with Gasteiger partial charge in [-0.05, 0) is 0 Å². The molecule has 0 amide bonds. The van der Waals surface area contributed by atoms with Gasteiger partial charge in [-0.15, -0.1) is 0 Å². The van der Waals surface area contributed by atoms with Crippen LogP contribution in [0.15, 0.2) is 10.6 Å². The lowest BCUT2D eigenvalue weighted by Crippen LogP contribution is -2.09. The van der Waals surface area contributed by atoms with Crippen LogP contribution in [0.2, 0.25) is 0 Å². The van der Waals surface area contributed by atoms with Crippen molar-refractivity contribution in [3.63, 3.8) is 0 Å². The monoisotopic (exact) mass is 139 g/mol. The number of nitrogens with zero attached hydrogens (tertiary/aromatic N) is 1. The van der Waals surface area contributed by atoms with Gasteiger partial charge in [0.15, 0.2) is 5.89 Å². The van der Waals surface area contributed by atoms with Crippen molar-refractivity contribution >= 4 is 0 Å². The van der Waals surface area contributed by atoms with E-state index in [4.69, 9.17) is 4.42 Å². The van der Waals surface area contributed by atoms with Crippen LogP contribution in [0.1, 0.15) is 32.4 Å². The Kier molecular flexibility index (Phi) is 1.55. The fourth-order valence-corrected chi connectivity index (χ4v) is 0.708. The molecule has 0 unspecified atom stereocenters. The second-order valence-electron chi connectivity index (χ2n) is 3.49. The van der Waals surface area contributed by atoms with E-state index >= 15 is 0 Å². The first-order valence-electron chi connectivity index (χ1n) is 3.43. The molecule has 0 N–H and O–H groups in total. The van der Waals surface area contributed by atoms with E-state index in [0.717, 1.165) is 11.7 Å². The van der Waals surface area contributed by atoms with Gasteiger partial charge in [-0.25, -0.2) is 4.98 Å². The second kappa shape index (κ2) is 2.11. The maximum Gasteiger partial charge on any atom is 0.191 e. The number of hydrogen-bond donors (Lipinski definition) is 0. The summed E-state index contributed by atoms with van der Waals surface area (Å²) in [5.74, 6) is 1.69. The van der Waals surface area contributed by atoms with Crippen LogP contribution in [-0.2, 0) is 5.41 Å². The molecule has 10 heavy (non-hydrogen) atoms. The largest absolute Gasteiger partial charge is 0.445 e. The number of aryl methyl sites for hydroxylation is 1. The summed E-state index contributed by atoms with van der Waals surface area (Å²) in [5, 5.41) is 0. The highest BCUT2D eigenvalue weighted by molar-refractivity contribution is 5.05. The average Bonchev–Trinajstić information content (AvgIpc) is 2.11. The standard InChI is InChI=1S/C8H13NO/c1-6-9-5-7(10-6)8(2,3)4/h5H,1-4H3. The molecule has 0 saturated heterocycles. The van der Waals surface area contributed by atoms with Gasteiger partial charge in [-0.1, -0.05) is 20.8 Å². The van der Waals surface area contributed by atoms with E-state index in [-0.39, 0.29) is 5.41 Å². The Labute approximate surface area is 61.3 Å². The van der Waals surface area contributed by atoms with Crippen molar-refractivity contribution in [1.82, 2.24) is 4.98 Å². The molecule has 1 aromatic rings. The quantitative estimate of drug-likeness (QED) is 0.551. The third-order valence-electron chi connectivity index (χ3n) is 1.36. The maximum absolute atomic E-state index is 5.34. The second-order valence-corrected chi connectivity index (χ2v) is 3.49. The van der Waals surface area contributed by atoms with Crippen molar-refractivity contribution < 1.29 is 4.42 Å². The van der Waals surface area contributed by atoms with E-state index in [1.807, 2.05) is 6.92 Å². The molecule has 1 heterocycles. The van der Waals surface area contributed by atoms with Gasteiger partial charge in [0.2, 0.25) is 0 Å². The van der Waals surface area contributed by atoms with Gasteiger partial charge in [0.1, 0.15) is 5.76 Å². The van der Waals surface area contributed by atoms with Crippen LogP contribution < -0.4 is 0 Å². The van der Waals surface area contributed by atoms with Gasteiger partial charge in [0, 0.05) is 12.3 Å². The fourth-order valence-electron chi connectivity index (χ4n) is 0.708. The third kappa shape index (κ3) is 1.38. The van der Waals surface area contributed by atoms with Crippen LogP contribution in [0.25, 0.3) is 0 Å². The molecule has 0 atom stereocenters. The van der Waals surface area contributed by atoms with Gasteiger partial charge in [-0.3, -0.25) is 0 Å². The Morgan fingerprint density at radius 1 is 1.40 bits per heavy atom. The van der Waals surface area contributed by atoms with Crippen LogP contribution >= 0.6 is 0 Å². The Bertz CT molecular complexity index is 219. The van der Waals surface area contributed by atoms with Crippen molar-refractivity contribution in [2.24, 2.45) is 0 Å². The van der Waals surface area contributed by atoms with Crippen molar-refractivity contribution in [3.05, 3.63) is 17.8 Å². The molecule has 0 aliphatic rings. The zero-order chi connectivity index (χ0) is 7.78. The molecular weight excluding hydrogens is 126 g/mol. The first-order valence-corrected chi connectivity index (χ1v) is 3.43. The zero-order valence-corrected chi connectivity index (χ0v) is 6.93. The van der Waals surface area contributed by atoms with Gasteiger partial charge in [0.25, 0.3) is 0 Å². The average molecular weight is 139 g/mol. The Morgan fingerprint density at radius 3 is 2.20 bits per heavy atom. The zero-order valence-electron chi connectivity index (χ0n) is 6.93. The minimum atomic E-state index is 0.0846. The van der Waals surface area contributed by atoms with Crippen molar-refractivity contribution in [1.29, 1.82) is 0 Å². The predicted molar refractivity (Wildman–Crippen MR) is 39.9 cm³/mol. The summed E-state index contributed by atoms with van der Waals surface area (Å²) in [6, 6.07) is 0. The molecule has 56 valence electrons. The lowest BCUT2D eigenvalue weighted by Gasteiger charge is -2.12. The number of oxazole rings is 1. The van der Waals surface area contributed by atoms with E-state index in [2.05, 4.69) is 25.8 Å². The van der Waals surface area contributed by atoms with E-state index < -0.39 is 0 Å². The summed E-state index contributed by atoms with van der Waals surface area (Å²) in [7, 11) is 0. The van der Waals surface area contributed by atoms with Crippen molar-refractivity contribution in [3.8, 4) is 0 Å². The molecule has 1 rings (SSSR count). The van der Waals surface area contributed by atoms with E-state index in [0.29, 0.717) is 0 Å². The Morgan fingerprint density at radius 2 is 2.00 bits per heavy atom. The van der Waals surface area contributed by atoms with Crippen LogP contribution in [0.3, 0.4) is 0 Å². The summed E-state index contributed by atoms with van der Waals surface area (Å²) >= 11 is 0. The van der Waals surface area contributed by atoms with E-state index in [9.17, 15) is 0 Å².